The van der Waals surface area contributed by atoms with Crippen LogP contribution >= 0.6 is 23.8 Å². The summed E-state index contributed by atoms with van der Waals surface area (Å²) >= 11 is 11.3. The zero-order chi connectivity index (χ0) is 17.9. The zero-order valence-electron chi connectivity index (χ0n) is 14.6. The summed E-state index contributed by atoms with van der Waals surface area (Å²) in [6.07, 6.45) is 12.0. The van der Waals surface area contributed by atoms with E-state index in [1.807, 2.05) is 18.2 Å². The Morgan fingerprint density at radius 1 is 1.24 bits per heavy atom. The average Bonchev–Trinajstić information content (AvgIpc) is 3.02. The minimum Gasteiger partial charge on any atom is -0.492 e. The van der Waals surface area contributed by atoms with Crippen LogP contribution in [0.2, 0.25) is 5.02 Å². The Bertz CT molecular complexity index is 726. The number of H-pyrrole nitrogens is 1. The maximum absolute atomic E-state index is 6.29. The van der Waals surface area contributed by atoms with Crippen molar-refractivity contribution in [1.82, 2.24) is 14.9 Å². The summed E-state index contributed by atoms with van der Waals surface area (Å²) in [5, 5.41) is 11.3. The smallest absolute Gasteiger partial charge is 0.216 e. The van der Waals surface area contributed by atoms with Crippen molar-refractivity contribution in [3.8, 4) is 5.75 Å². The van der Waals surface area contributed by atoms with Gasteiger partial charge in [0.2, 0.25) is 4.77 Å². The van der Waals surface area contributed by atoms with Gasteiger partial charge in [0, 0.05) is 0 Å². The van der Waals surface area contributed by atoms with Gasteiger partial charge in [-0.1, -0.05) is 57.0 Å². The Morgan fingerprint density at radius 3 is 2.68 bits per heavy atom. The molecule has 0 fully saturated rings. The van der Waals surface area contributed by atoms with E-state index in [1.165, 1.54) is 49.5 Å². The number of aromatic amines is 1. The highest BCUT2D eigenvalue weighted by Crippen LogP contribution is 2.25. The summed E-state index contributed by atoms with van der Waals surface area (Å²) in [7, 11) is 0. The Morgan fingerprint density at radius 2 is 2.00 bits per heavy atom. The lowest BCUT2D eigenvalue weighted by Crippen LogP contribution is -1.98. The molecule has 1 N–H and O–H groups in total. The fraction of sp³-hybridized carbons (Fsp3) is 0.500. The second kappa shape index (κ2) is 11.1. The molecular weight excluding hydrogens is 356 g/mol. The fourth-order valence-corrected chi connectivity index (χ4v) is 2.80. The first kappa shape index (κ1) is 19.7. The minimum atomic E-state index is 0.442. The number of aromatic nitrogens is 3. The number of unbranched alkanes of at least 4 members (excludes halogenated alkanes) is 6. The van der Waals surface area contributed by atoms with Crippen LogP contribution in [0.25, 0.3) is 0 Å². The van der Waals surface area contributed by atoms with Crippen molar-refractivity contribution in [3.05, 3.63) is 39.9 Å². The highest BCUT2D eigenvalue weighted by Gasteiger charge is 2.02. The molecule has 0 saturated heterocycles. The van der Waals surface area contributed by atoms with E-state index in [2.05, 4.69) is 22.2 Å². The fourth-order valence-electron chi connectivity index (χ4n) is 2.41. The highest BCUT2D eigenvalue weighted by atomic mass is 35.5. The van der Waals surface area contributed by atoms with Gasteiger partial charge in [-0.25, -0.2) is 0 Å². The molecule has 2 rings (SSSR count). The lowest BCUT2D eigenvalue weighted by Gasteiger charge is -2.08. The van der Waals surface area contributed by atoms with E-state index in [4.69, 9.17) is 28.6 Å². The maximum Gasteiger partial charge on any atom is 0.216 e. The van der Waals surface area contributed by atoms with E-state index >= 15 is 0 Å². The molecule has 0 unspecified atom stereocenters. The third kappa shape index (κ3) is 7.00. The summed E-state index contributed by atoms with van der Waals surface area (Å²) in [5.74, 6) is 0.713. The Hall–Kier alpha value is -1.66. The van der Waals surface area contributed by atoms with Crippen LogP contribution in [0.3, 0.4) is 0 Å². The van der Waals surface area contributed by atoms with E-state index in [0.29, 0.717) is 22.2 Å². The second-order valence-electron chi connectivity index (χ2n) is 5.91. The van der Waals surface area contributed by atoms with Gasteiger partial charge in [-0.15, -0.1) is 0 Å². The monoisotopic (exact) mass is 380 g/mol. The molecule has 0 aliphatic heterocycles. The lowest BCUT2D eigenvalue weighted by atomic mass is 10.1. The van der Waals surface area contributed by atoms with Crippen molar-refractivity contribution in [1.29, 1.82) is 0 Å². The average molecular weight is 381 g/mol. The van der Waals surface area contributed by atoms with Gasteiger partial charge in [0.1, 0.15) is 12.1 Å². The van der Waals surface area contributed by atoms with Crippen LogP contribution < -0.4 is 4.74 Å². The molecule has 2 aromatic rings. The first-order chi connectivity index (χ1) is 12.2. The number of halogens is 1. The number of nitrogens with zero attached hydrogens (tertiary/aromatic N) is 3. The number of hydrogen-bond donors (Lipinski definition) is 1. The number of hydrogen-bond acceptors (Lipinski definition) is 4. The predicted molar refractivity (Wildman–Crippen MR) is 105 cm³/mol. The number of benzene rings is 1. The van der Waals surface area contributed by atoms with E-state index in [0.717, 1.165) is 12.0 Å². The summed E-state index contributed by atoms with van der Waals surface area (Å²) in [5.41, 5.74) is 0.872. The van der Waals surface area contributed by atoms with Crippen LogP contribution in [0.1, 0.15) is 57.4 Å². The first-order valence-corrected chi connectivity index (χ1v) is 9.58. The van der Waals surface area contributed by atoms with Gasteiger partial charge in [0.25, 0.3) is 0 Å². The normalized spacial score (nSPS) is 11.3. The zero-order valence-corrected chi connectivity index (χ0v) is 16.2. The van der Waals surface area contributed by atoms with Gasteiger partial charge >= 0.3 is 0 Å². The topological polar surface area (TPSA) is 55.2 Å². The minimum absolute atomic E-state index is 0.442. The highest BCUT2D eigenvalue weighted by molar-refractivity contribution is 7.71. The lowest BCUT2D eigenvalue weighted by molar-refractivity contribution is 0.304. The van der Waals surface area contributed by atoms with Gasteiger partial charge < -0.3 is 4.74 Å². The van der Waals surface area contributed by atoms with Crippen molar-refractivity contribution in [2.45, 2.75) is 51.9 Å². The molecule has 7 heteroatoms. The van der Waals surface area contributed by atoms with Crippen LogP contribution in [0, 0.1) is 4.77 Å². The quantitative estimate of drug-likeness (QED) is 0.313. The van der Waals surface area contributed by atoms with Gasteiger partial charge in [0.15, 0.2) is 0 Å². The first-order valence-electron chi connectivity index (χ1n) is 8.79. The SMILES string of the molecule is CCCCCCCCCOc1ccc(/C=N\n2cn[nH]c2=S)cc1Cl. The molecule has 5 nitrogen and oxygen atoms in total. The van der Waals surface area contributed by atoms with Crippen molar-refractivity contribution in [2.75, 3.05) is 6.61 Å². The van der Waals surface area contributed by atoms with Crippen LogP contribution in [0.4, 0.5) is 0 Å². The molecule has 1 aromatic carbocycles. The Labute approximate surface area is 159 Å². The number of ether oxygens (including phenoxy) is 1. The van der Waals surface area contributed by atoms with Gasteiger partial charge in [0.05, 0.1) is 17.8 Å². The van der Waals surface area contributed by atoms with Crippen LogP contribution in [0.5, 0.6) is 5.75 Å². The molecule has 136 valence electrons. The number of rotatable bonds is 11. The van der Waals surface area contributed by atoms with Crippen LogP contribution in [-0.4, -0.2) is 27.7 Å². The summed E-state index contributed by atoms with van der Waals surface area (Å²) in [6, 6.07) is 5.62. The van der Waals surface area contributed by atoms with Crippen molar-refractivity contribution < 1.29 is 4.74 Å². The number of nitrogens with one attached hydrogen (secondary N) is 1. The van der Waals surface area contributed by atoms with E-state index in [1.54, 1.807) is 6.21 Å². The molecule has 0 saturated carbocycles. The molecular formula is C18H25ClN4OS. The third-order valence-corrected chi connectivity index (χ3v) is 4.40. The summed E-state index contributed by atoms with van der Waals surface area (Å²) in [6.45, 7) is 2.94. The molecule has 1 heterocycles. The van der Waals surface area contributed by atoms with Crippen molar-refractivity contribution >= 4 is 30.0 Å². The molecule has 0 radical (unpaired) electrons. The summed E-state index contributed by atoms with van der Waals surface area (Å²) in [4.78, 5) is 0. The maximum atomic E-state index is 6.29. The molecule has 0 spiro atoms. The van der Waals surface area contributed by atoms with Gasteiger partial charge in [-0.2, -0.15) is 14.9 Å². The molecule has 0 bridgehead atoms. The largest absolute Gasteiger partial charge is 0.492 e. The molecule has 0 amide bonds. The van der Waals surface area contributed by atoms with Gasteiger partial charge in [-0.05, 0) is 42.4 Å². The van der Waals surface area contributed by atoms with Crippen molar-refractivity contribution in [3.63, 3.8) is 0 Å². The van der Waals surface area contributed by atoms with E-state index in [9.17, 15) is 0 Å². The molecule has 25 heavy (non-hydrogen) atoms. The van der Waals surface area contributed by atoms with E-state index in [-0.39, 0.29) is 0 Å². The summed E-state index contributed by atoms with van der Waals surface area (Å²) < 4.78 is 7.70. The molecule has 0 aliphatic rings. The molecule has 0 atom stereocenters. The van der Waals surface area contributed by atoms with Gasteiger partial charge in [-0.3, -0.25) is 5.10 Å². The third-order valence-electron chi connectivity index (χ3n) is 3.83. The van der Waals surface area contributed by atoms with Crippen LogP contribution in [0.15, 0.2) is 29.6 Å². The molecule has 1 aromatic heterocycles. The van der Waals surface area contributed by atoms with Crippen molar-refractivity contribution in [2.24, 2.45) is 5.10 Å². The Kier molecular flexibility index (Phi) is 8.69. The van der Waals surface area contributed by atoms with E-state index < -0.39 is 0 Å². The second-order valence-corrected chi connectivity index (χ2v) is 6.70. The predicted octanol–water partition coefficient (Wildman–Crippen LogP) is 5.61. The standard InChI is InChI=1S/C18H25ClN4OS/c1-2-3-4-5-6-7-8-11-24-17-10-9-15(12-16(17)19)13-21-23-14-20-22-18(23)25/h9-10,12-14H,2-8,11H2,1H3,(H,22,25)/b21-13-. The van der Waals surface area contributed by atoms with Crippen LogP contribution in [-0.2, 0) is 0 Å². The molecule has 0 aliphatic carbocycles. The Balaban J connectivity index is 1.75.